The van der Waals surface area contributed by atoms with Gasteiger partial charge in [0, 0.05) is 32.8 Å². The topological polar surface area (TPSA) is 47.7 Å². The highest BCUT2D eigenvalue weighted by molar-refractivity contribution is 5.85. The molecule has 20 heavy (non-hydrogen) atoms. The van der Waals surface area contributed by atoms with Crippen molar-refractivity contribution >= 4 is 12.4 Å². The number of halogens is 1. The minimum Gasteiger partial charge on any atom is -0.497 e. The highest BCUT2D eigenvalue weighted by Gasteiger charge is 2.27. The van der Waals surface area contributed by atoms with E-state index in [0.717, 1.165) is 31.7 Å². The number of rotatable bonds is 5. The van der Waals surface area contributed by atoms with Gasteiger partial charge >= 0.3 is 0 Å². The number of hydrogen-bond acceptors (Lipinski definition) is 4. The predicted octanol–water partition coefficient (Wildman–Crippen LogP) is 2.06. The van der Waals surface area contributed by atoms with Gasteiger partial charge in [-0.1, -0.05) is 12.1 Å². The van der Waals surface area contributed by atoms with Crippen LogP contribution in [0.3, 0.4) is 0 Å². The van der Waals surface area contributed by atoms with E-state index in [1.54, 1.807) is 14.2 Å². The van der Waals surface area contributed by atoms with Gasteiger partial charge in [0.15, 0.2) is 0 Å². The van der Waals surface area contributed by atoms with Crippen molar-refractivity contribution in [3.8, 4) is 5.75 Å². The number of methoxy groups -OCH3 is 2. The molecule has 114 valence electrons. The molecule has 1 saturated heterocycles. The molecule has 4 nitrogen and oxygen atoms in total. The summed E-state index contributed by atoms with van der Waals surface area (Å²) in [5, 5.41) is 0. The largest absolute Gasteiger partial charge is 0.497 e. The SMILES string of the molecule is COc1ccc(CN2CCC(OC)CC2CN)cc1.Cl. The molecule has 2 rings (SSSR count). The Morgan fingerprint density at radius 2 is 1.95 bits per heavy atom. The summed E-state index contributed by atoms with van der Waals surface area (Å²) in [7, 11) is 3.48. The first-order chi connectivity index (χ1) is 9.26. The van der Waals surface area contributed by atoms with Gasteiger partial charge in [-0.25, -0.2) is 0 Å². The molecule has 5 heteroatoms. The lowest BCUT2D eigenvalue weighted by Gasteiger charge is -2.38. The van der Waals surface area contributed by atoms with Crippen LogP contribution in [0.5, 0.6) is 5.75 Å². The van der Waals surface area contributed by atoms with Crippen molar-refractivity contribution in [3.05, 3.63) is 29.8 Å². The van der Waals surface area contributed by atoms with Crippen LogP contribution in [0.2, 0.25) is 0 Å². The van der Waals surface area contributed by atoms with Gasteiger partial charge in [0.05, 0.1) is 13.2 Å². The van der Waals surface area contributed by atoms with Crippen LogP contribution < -0.4 is 10.5 Å². The average molecular weight is 301 g/mol. The molecule has 0 aromatic heterocycles. The molecule has 2 N–H and O–H groups in total. The van der Waals surface area contributed by atoms with E-state index in [2.05, 4.69) is 17.0 Å². The lowest BCUT2D eigenvalue weighted by Crippen LogP contribution is -2.47. The van der Waals surface area contributed by atoms with Crippen LogP contribution in [0.1, 0.15) is 18.4 Å². The van der Waals surface area contributed by atoms with Gasteiger partial charge in [0.25, 0.3) is 0 Å². The van der Waals surface area contributed by atoms with Gasteiger partial charge < -0.3 is 15.2 Å². The monoisotopic (exact) mass is 300 g/mol. The Bertz CT molecular complexity index is 386. The van der Waals surface area contributed by atoms with Crippen LogP contribution in [-0.4, -0.2) is 44.4 Å². The Hall–Kier alpha value is -0.810. The summed E-state index contributed by atoms with van der Waals surface area (Å²) in [6.45, 7) is 2.69. The number of ether oxygens (including phenoxy) is 2. The third kappa shape index (κ3) is 4.35. The van der Waals surface area contributed by atoms with E-state index in [1.807, 2.05) is 12.1 Å². The molecule has 2 unspecified atom stereocenters. The lowest BCUT2D eigenvalue weighted by molar-refractivity contribution is 0.0102. The average Bonchev–Trinajstić information content (AvgIpc) is 2.48. The summed E-state index contributed by atoms with van der Waals surface area (Å²) in [5.41, 5.74) is 7.19. The highest BCUT2D eigenvalue weighted by atomic mass is 35.5. The molecule has 0 amide bonds. The third-order valence-electron chi connectivity index (χ3n) is 3.94. The van der Waals surface area contributed by atoms with Gasteiger partial charge in [-0.2, -0.15) is 0 Å². The number of nitrogens with two attached hydrogens (primary N) is 1. The molecule has 1 aliphatic heterocycles. The second-order valence-electron chi connectivity index (χ2n) is 5.09. The number of piperidine rings is 1. The van der Waals surface area contributed by atoms with Crippen molar-refractivity contribution < 1.29 is 9.47 Å². The van der Waals surface area contributed by atoms with Crippen LogP contribution in [0, 0.1) is 0 Å². The third-order valence-corrected chi connectivity index (χ3v) is 3.94. The fourth-order valence-corrected chi connectivity index (χ4v) is 2.70. The standard InChI is InChI=1S/C15H24N2O2.ClH/c1-18-14-5-3-12(4-6-14)11-17-8-7-15(19-2)9-13(17)10-16;/h3-6,13,15H,7-11,16H2,1-2H3;1H. The number of hydrogen-bond donors (Lipinski definition) is 1. The van der Waals surface area contributed by atoms with Crippen molar-refractivity contribution in [2.24, 2.45) is 5.73 Å². The second-order valence-corrected chi connectivity index (χ2v) is 5.09. The molecule has 1 aliphatic rings. The maximum Gasteiger partial charge on any atom is 0.118 e. The minimum absolute atomic E-state index is 0. The molecule has 0 saturated carbocycles. The number of likely N-dealkylation sites (tertiary alicyclic amines) is 1. The molecule has 0 radical (unpaired) electrons. The van der Waals surface area contributed by atoms with Gasteiger partial charge in [-0.15, -0.1) is 12.4 Å². The molecule has 0 aliphatic carbocycles. The van der Waals surface area contributed by atoms with Crippen LogP contribution in [0.25, 0.3) is 0 Å². The fourth-order valence-electron chi connectivity index (χ4n) is 2.70. The molecular formula is C15H25ClN2O2. The maximum absolute atomic E-state index is 5.89. The van der Waals surface area contributed by atoms with Gasteiger partial charge in [-0.3, -0.25) is 4.90 Å². The number of benzene rings is 1. The summed E-state index contributed by atoms with van der Waals surface area (Å²) in [4.78, 5) is 2.46. The fraction of sp³-hybridized carbons (Fsp3) is 0.600. The van der Waals surface area contributed by atoms with E-state index in [-0.39, 0.29) is 12.4 Å². The summed E-state index contributed by atoms with van der Waals surface area (Å²) in [5.74, 6) is 0.900. The predicted molar refractivity (Wildman–Crippen MR) is 83.5 cm³/mol. The lowest BCUT2D eigenvalue weighted by atomic mass is 9.98. The highest BCUT2D eigenvalue weighted by Crippen LogP contribution is 2.22. The summed E-state index contributed by atoms with van der Waals surface area (Å²) >= 11 is 0. The first-order valence-electron chi connectivity index (χ1n) is 6.86. The molecule has 1 fully saturated rings. The van der Waals surface area contributed by atoms with E-state index >= 15 is 0 Å². The van der Waals surface area contributed by atoms with Crippen molar-refractivity contribution in [2.75, 3.05) is 27.3 Å². The van der Waals surface area contributed by atoms with Crippen molar-refractivity contribution in [2.45, 2.75) is 31.5 Å². The minimum atomic E-state index is 0. The molecular weight excluding hydrogens is 276 g/mol. The van der Waals surface area contributed by atoms with Crippen molar-refractivity contribution in [1.82, 2.24) is 4.90 Å². The van der Waals surface area contributed by atoms with Crippen molar-refractivity contribution in [3.63, 3.8) is 0 Å². The van der Waals surface area contributed by atoms with E-state index in [0.29, 0.717) is 18.7 Å². The molecule has 1 aromatic rings. The molecule has 0 bridgehead atoms. The van der Waals surface area contributed by atoms with Gasteiger partial charge in [0.2, 0.25) is 0 Å². The molecule has 1 heterocycles. The van der Waals surface area contributed by atoms with Crippen molar-refractivity contribution in [1.29, 1.82) is 0 Å². The van der Waals surface area contributed by atoms with E-state index in [4.69, 9.17) is 15.2 Å². The van der Waals surface area contributed by atoms with Gasteiger partial charge in [-0.05, 0) is 30.5 Å². The Balaban J connectivity index is 0.00000200. The maximum atomic E-state index is 5.89. The quantitative estimate of drug-likeness (QED) is 0.904. The zero-order valence-corrected chi connectivity index (χ0v) is 13.1. The molecule has 2 atom stereocenters. The van der Waals surface area contributed by atoms with Crippen LogP contribution in [-0.2, 0) is 11.3 Å². The normalized spacial score (nSPS) is 23.1. The van der Waals surface area contributed by atoms with E-state index in [9.17, 15) is 0 Å². The summed E-state index contributed by atoms with van der Waals surface area (Å²) in [6.07, 6.45) is 2.48. The first-order valence-corrected chi connectivity index (χ1v) is 6.86. The zero-order chi connectivity index (χ0) is 13.7. The van der Waals surface area contributed by atoms with Gasteiger partial charge in [0.1, 0.15) is 5.75 Å². The Morgan fingerprint density at radius 3 is 2.50 bits per heavy atom. The van der Waals surface area contributed by atoms with E-state index < -0.39 is 0 Å². The Morgan fingerprint density at radius 1 is 1.25 bits per heavy atom. The summed E-state index contributed by atoms with van der Waals surface area (Å²) < 4.78 is 10.6. The summed E-state index contributed by atoms with van der Waals surface area (Å²) in [6, 6.07) is 8.67. The Labute approximate surface area is 127 Å². The molecule has 0 spiro atoms. The second kappa shape index (κ2) is 8.47. The zero-order valence-electron chi connectivity index (χ0n) is 12.2. The van der Waals surface area contributed by atoms with Crippen LogP contribution in [0.4, 0.5) is 0 Å². The Kier molecular flexibility index (Phi) is 7.30. The van der Waals surface area contributed by atoms with Crippen LogP contribution >= 0.6 is 12.4 Å². The first kappa shape index (κ1) is 17.2. The molecule has 1 aromatic carbocycles. The van der Waals surface area contributed by atoms with E-state index in [1.165, 1.54) is 5.56 Å². The van der Waals surface area contributed by atoms with Crippen LogP contribution in [0.15, 0.2) is 24.3 Å². The smallest absolute Gasteiger partial charge is 0.118 e. The number of nitrogens with zero attached hydrogens (tertiary/aromatic N) is 1.